The minimum atomic E-state index is -2.71. The summed E-state index contributed by atoms with van der Waals surface area (Å²) < 4.78 is 22.7. The number of hydrogen-bond acceptors (Lipinski definition) is 4. The Bertz CT molecular complexity index is 315. The second-order valence-electron chi connectivity index (χ2n) is 4.92. The first-order chi connectivity index (χ1) is 7.61. The highest BCUT2D eigenvalue weighted by Crippen LogP contribution is 2.22. The average molecular weight is 246 g/mol. The molecule has 0 aliphatic carbocycles. The van der Waals surface area contributed by atoms with Crippen molar-refractivity contribution in [2.45, 2.75) is 38.3 Å². The lowest BCUT2D eigenvalue weighted by Crippen LogP contribution is -2.41. The van der Waals surface area contributed by atoms with Crippen molar-refractivity contribution in [1.29, 1.82) is 0 Å². The van der Waals surface area contributed by atoms with Crippen molar-refractivity contribution in [3.05, 3.63) is 0 Å². The molecule has 0 saturated carbocycles. The van der Waals surface area contributed by atoms with Gasteiger partial charge in [-0.3, -0.25) is 4.90 Å². The predicted octanol–water partition coefficient (Wildman–Crippen LogP) is 0.247. The van der Waals surface area contributed by atoms with Gasteiger partial charge >= 0.3 is 0 Å². The zero-order valence-corrected chi connectivity index (χ0v) is 10.8. The Labute approximate surface area is 98.3 Å². The van der Waals surface area contributed by atoms with Gasteiger partial charge in [-0.25, -0.2) is 8.42 Å². The number of likely N-dealkylation sites (N-methyl/N-ethyl adjacent to an activating group) is 1. The fraction of sp³-hybridized carbons (Fsp3) is 1.00. The van der Waals surface area contributed by atoms with E-state index < -0.39 is 9.84 Å². The van der Waals surface area contributed by atoms with Gasteiger partial charge in [0.15, 0.2) is 0 Å². The van der Waals surface area contributed by atoms with Gasteiger partial charge in [0.2, 0.25) is 0 Å². The van der Waals surface area contributed by atoms with Gasteiger partial charge in [-0.2, -0.15) is 0 Å². The fourth-order valence-electron chi connectivity index (χ4n) is 2.82. The largest absolute Gasteiger partial charge is 0.313 e. The lowest BCUT2D eigenvalue weighted by Gasteiger charge is -2.30. The van der Waals surface area contributed by atoms with E-state index >= 15 is 0 Å². The van der Waals surface area contributed by atoms with E-state index in [9.17, 15) is 8.42 Å². The molecule has 0 radical (unpaired) electrons. The highest BCUT2D eigenvalue weighted by Gasteiger charge is 2.32. The molecule has 94 valence electrons. The van der Waals surface area contributed by atoms with E-state index in [-0.39, 0.29) is 0 Å². The predicted molar refractivity (Wildman–Crippen MR) is 65.3 cm³/mol. The van der Waals surface area contributed by atoms with Gasteiger partial charge < -0.3 is 5.32 Å². The zero-order valence-electron chi connectivity index (χ0n) is 9.98. The molecule has 2 saturated heterocycles. The van der Waals surface area contributed by atoms with Crippen molar-refractivity contribution in [2.24, 2.45) is 0 Å². The highest BCUT2D eigenvalue weighted by atomic mass is 32.2. The lowest BCUT2D eigenvalue weighted by atomic mass is 10.1. The molecule has 1 atom stereocenters. The first-order valence-electron chi connectivity index (χ1n) is 6.28. The number of likely N-dealkylation sites (tertiary alicyclic amines) is 1. The smallest absolute Gasteiger partial charge is 0.150 e. The van der Waals surface area contributed by atoms with Gasteiger partial charge in [0.05, 0.1) is 11.5 Å². The van der Waals surface area contributed by atoms with Crippen LogP contribution in [0, 0.1) is 0 Å². The molecule has 0 amide bonds. The van der Waals surface area contributed by atoms with Crippen molar-refractivity contribution in [3.63, 3.8) is 0 Å². The number of nitrogens with zero attached hydrogens (tertiary/aromatic N) is 1. The van der Waals surface area contributed by atoms with Crippen molar-refractivity contribution in [2.75, 3.05) is 31.1 Å². The Kier molecular flexibility index (Phi) is 3.87. The van der Waals surface area contributed by atoms with Crippen molar-refractivity contribution in [1.82, 2.24) is 10.2 Å². The maximum atomic E-state index is 11.3. The summed E-state index contributed by atoms with van der Waals surface area (Å²) in [5.74, 6) is 0.778. The molecule has 1 N–H and O–H groups in total. The molecule has 2 aliphatic heterocycles. The number of sulfone groups is 1. The third kappa shape index (κ3) is 2.96. The number of hydrogen-bond donors (Lipinski definition) is 1. The lowest BCUT2D eigenvalue weighted by molar-refractivity contribution is 0.221. The van der Waals surface area contributed by atoms with E-state index in [0.29, 0.717) is 23.6 Å². The second kappa shape index (κ2) is 5.02. The maximum absolute atomic E-state index is 11.3. The van der Waals surface area contributed by atoms with Crippen LogP contribution in [0.4, 0.5) is 0 Å². The Morgan fingerprint density at radius 3 is 2.56 bits per heavy atom. The summed E-state index contributed by atoms with van der Waals surface area (Å²) >= 11 is 0. The van der Waals surface area contributed by atoms with Crippen molar-refractivity contribution in [3.8, 4) is 0 Å². The standard InChI is InChI=1S/C11H22N2O2S/c1-2-12-10-3-6-13(9-10)11-4-7-16(14,15)8-5-11/h10-12H,2-9H2,1H3. The van der Waals surface area contributed by atoms with Gasteiger partial charge in [0.1, 0.15) is 9.84 Å². The molecule has 0 aromatic heterocycles. The van der Waals surface area contributed by atoms with Crippen LogP contribution in [0.25, 0.3) is 0 Å². The summed E-state index contributed by atoms with van der Waals surface area (Å²) in [5.41, 5.74) is 0. The number of nitrogens with one attached hydrogen (secondary N) is 1. The summed E-state index contributed by atoms with van der Waals surface area (Å²) in [7, 11) is -2.71. The molecule has 0 aromatic carbocycles. The van der Waals surface area contributed by atoms with Crippen LogP contribution >= 0.6 is 0 Å². The van der Waals surface area contributed by atoms with Gasteiger partial charge in [0.25, 0.3) is 0 Å². The average Bonchev–Trinajstić information content (AvgIpc) is 2.67. The van der Waals surface area contributed by atoms with Crippen LogP contribution in [-0.2, 0) is 9.84 Å². The summed E-state index contributed by atoms with van der Waals surface area (Å²) in [6.45, 7) is 5.38. The van der Waals surface area contributed by atoms with E-state index in [0.717, 1.165) is 32.5 Å². The first kappa shape index (κ1) is 12.3. The minimum absolute atomic E-state index is 0.389. The molecular formula is C11H22N2O2S. The molecule has 16 heavy (non-hydrogen) atoms. The SMILES string of the molecule is CCNC1CCN(C2CCS(=O)(=O)CC2)C1. The van der Waals surface area contributed by atoms with Crippen molar-refractivity contribution >= 4 is 9.84 Å². The summed E-state index contributed by atoms with van der Waals surface area (Å²) in [6.07, 6.45) is 2.87. The molecule has 0 bridgehead atoms. The van der Waals surface area contributed by atoms with Crippen LogP contribution < -0.4 is 5.32 Å². The molecule has 2 fully saturated rings. The van der Waals surface area contributed by atoms with Crippen LogP contribution in [0.15, 0.2) is 0 Å². The van der Waals surface area contributed by atoms with Gasteiger partial charge in [-0.1, -0.05) is 6.92 Å². The summed E-state index contributed by atoms with van der Waals surface area (Å²) in [6, 6.07) is 1.12. The van der Waals surface area contributed by atoms with Crippen LogP contribution in [0.3, 0.4) is 0 Å². The third-order valence-electron chi connectivity index (χ3n) is 3.75. The molecular weight excluding hydrogens is 224 g/mol. The van der Waals surface area contributed by atoms with Gasteiger partial charge in [-0.15, -0.1) is 0 Å². The molecule has 0 aromatic rings. The monoisotopic (exact) mass is 246 g/mol. The molecule has 2 aliphatic rings. The normalized spacial score (nSPS) is 31.9. The van der Waals surface area contributed by atoms with Crippen LogP contribution in [0.2, 0.25) is 0 Å². The van der Waals surface area contributed by atoms with E-state index in [1.807, 2.05) is 0 Å². The second-order valence-corrected chi connectivity index (χ2v) is 7.22. The van der Waals surface area contributed by atoms with Crippen molar-refractivity contribution < 1.29 is 8.42 Å². The summed E-state index contributed by atoms with van der Waals surface area (Å²) in [4.78, 5) is 2.47. The topological polar surface area (TPSA) is 49.4 Å². The maximum Gasteiger partial charge on any atom is 0.150 e. The van der Waals surface area contributed by atoms with Gasteiger partial charge in [-0.05, 0) is 25.8 Å². The quantitative estimate of drug-likeness (QED) is 0.775. The summed E-state index contributed by atoms with van der Waals surface area (Å²) in [5, 5.41) is 3.47. The Morgan fingerprint density at radius 2 is 1.94 bits per heavy atom. The molecule has 4 nitrogen and oxygen atoms in total. The van der Waals surface area contributed by atoms with Crippen LogP contribution in [0.5, 0.6) is 0 Å². The Hall–Kier alpha value is -0.130. The van der Waals surface area contributed by atoms with Crippen LogP contribution in [0.1, 0.15) is 26.2 Å². The first-order valence-corrected chi connectivity index (χ1v) is 8.11. The Balaban J connectivity index is 1.82. The zero-order chi connectivity index (χ0) is 11.6. The molecule has 5 heteroatoms. The van der Waals surface area contributed by atoms with E-state index in [4.69, 9.17) is 0 Å². The highest BCUT2D eigenvalue weighted by molar-refractivity contribution is 7.91. The third-order valence-corrected chi connectivity index (χ3v) is 5.47. The Morgan fingerprint density at radius 1 is 1.25 bits per heavy atom. The minimum Gasteiger partial charge on any atom is -0.313 e. The molecule has 2 heterocycles. The molecule has 0 spiro atoms. The van der Waals surface area contributed by atoms with E-state index in [1.54, 1.807) is 0 Å². The molecule has 1 unspecified atom stereocenters. The van der Waals surface area contributed by atoms with Gasteiger partial charge in [0, 0.05) is 25.2 Å². The molecule has 2 rings (SSSR count). The van der Waals surface area contributed by atoms with E-state index in [1.165, 1.54) is 6.42 Å². The van der Waals surface area contributed by atoms with Crippen LogP contribution in [-0.4, -0.2) is 56.5 Å². The number of rotatable bonds is 3. The fourth-order valence-corrected chi connectivity index (χ4v) is 4.28. The van der Waals surface area contributed by atoms with E-state index in [2.05, 4.69) is 17.1 Å².